The normalized spacial score (nSPS) is 15.1. The van der Waals surface area contributed by atoms with Gasteiger partial charge in [-0.2, -0.15) is 0 Å². The minimum Gasteiger partial charge on any atom is -0.364 e. The van der Waals surface area contributed by atoms with Gasteiger partial charge in [-0.25, -0.2) is 14.6 Å². The molecule has 5 N–H and O–H groups in total. The molecule has 0 aliphatic carbocycles. The van der Waals surface area contributed by atoms with Crippen molar-refractivity contribution in [2.24, 2.45) is 5.73 Å². The number of amides is 3. The van der Waals surface area contributed by atoms with E-state index in [4.69, 9.17) is 11.6 Å². The van der Waals surface area contributed by atoms with Crippen molar-refractivity contribution in [3.05, 3.63) is 64.1 Å². The zero-order valence-electron chi connectivity index (χ0n) is 19.5. The van der Waals surface area contributed by atoms with Crippen LogP contribution in [0.1, 0.15) is 58.9 Å². The van der Waals surface area contributed by atoms with Gasteiger partial charge in [0.25, 0.3) is 17.7 Å². The molecule has 36 heavy (non-hydrogen) atoms. The van der Waals surface area contributed by atoms with Gasteiger partial charge >= 0.3 is 0 Å². The number of hydrogen-bond donors (Lipinski definition) is 3. The molecule has 0 bridgehead atoms. The third-order valence-corrected chi connectivity index (χ3v) is 6.34. The van der Waals surface area contributed by atoms with Gasteiger partial charge in [-0.1, -0.05) is 34.0 Å². The van der Waals surface area contributed by atoms with Crippen LogP contribution in [0.4, 0.5) is 5.82 Å². The zero-order chi connectivity index (χ0) is 25.8. The number of piperidine rings is 1. The molecular weight excluding hydrogens is 526 g/mol. The molecule has 2 aromatic heterocycles. The Bertz CT molecular complexity index is 1390. The molecule has 1 aliphatic heterocycles. The first kappa shape index (κ1) is 24.9. The summed E-state index contributed by atoms with van der Waals surface area (Å²) in [4.78, 5) is 47.9. The van der Waals surface area contributed by atoms with Gasteiger partial charge < -0.3 is 21.8 Å². The molecule has 4 rings (SSSR count). The lowest BCUT2D eigenvalue weighted by atomic mass is 10.0. The number of halogens is 1. The number of benzene rings is 1. The number of carbonyl (C=O) groups is 3. The quantitative estimate of drug-likeness (QED) is 0.329. The van der Waals surface area contributed by atoms with E-state index in [1.54, 1.807) is 54.4 Å². The van der Waals surface area contributed by atoms with E-state index in [-0.39, 0.29) is 23.2 Å². The molecule has 3 aromatic rings. The number of nitrogen functional groups attached to an aromatic ring is 1. The van der Waals surface area contributed by atoms with Crippen LogP contribution >= 0.6 is 15.9 Å². The summed E-state index contributed by atoms with van der Waals surface area (Å²) in [6.45, 7) is 2.12. The molecule has 1 fully saturated rings. The van der Waals surface area contributed by atoms with Crippen LogP contribution in [0.5, 0.6) is 0 Å². The van der Waals surface area contributed by atoms with Crippen LogP contribution in [-0.2, 0) is 4.79 Å². The van der Waals surface area contributed by atoms with Crippen molar-refractivity contribution >= 4 is 39.5 Å². The fourth-order valence-electron chi connectivity index (χ4n) is 4.18. The van der Waals surface area contributed by atoms with Crippen molar-refractivity contribution in [2.75, 3.05) is 17.7 Å². The Morgan fingerprint density at radius 1 is 1.17 bits per heavy atom. The number of nitrogens with zero attached hydrogens (tertiary/aromatic N) is 4. The minimum atomic E-state index is -0.754. The number of imidazole rings is 1. The van der Waals surface area contributed by atoms with Crippen LogP contribution in [-0.4, -0.2) is 43.8 Å². The molecule has 1 aliphatic rings. The van der Waals surface area contributed by atoms with Crippen LogP contribution in [0.25, 0.3) is 11.3 Å². The van der Waals surface area contributed by atoms with Gasteiger partial charge in [0, 0.05) is 28.3 Å². The number of likely N-dealkylation sites (tertiary alicyclic amines) is 1. The van der Waals surface area contributed by atoms with Gasteiger partial charge in [0.1, 0.15) is 11.5 Å². The number of rotatable bonds is 5. The Morgan fingerprint density at radius 3 is 2.58 bits per heavy atom. The van der Waals surface area contributed by atoms with Crippen LogP contribution in [0.15, 0.2) is 47.1 Å². The number of nitrogens with two attached hydrogens (primary N) is 2. The lowest BCUT2D eigenvalue weighted by Gasteiger charge is -2.33. The van der Waals surface area contributed by atoms with E-state index >= 15 is 0 Å². The fourth-order valence-corrected chi connectivity index (χ4v) is 4.52. The van der Waals surface area contributed by atoms with Crippen LogP contribution < -0.4 is 16.9 Å². The Hall–Kier alpha value is -4.17. The van der Waals surface area contributed by atoms with Crippen LogP contribution in [0.2, 0.25) is 0 Å². The van der Waals surface area contributed by atoms with Gasteiger partial charge in [0.15, 0.2) is 11.5 Å². The topological polar surface area (TPSA) is 149 Å². The highest BCUT2D eigenvalue weighted by atomic mass is 79.9. The number of primary amides is 1. The molecule has 3 amide bonds. The summed E-state index contributed by atoms with van der Waals surface area (Å²) in [5, 5.41) is 2.73. The van der Waals surface area contributed by atoms with Crippen LogP contribution in [0, 0.1) is 11.8 Å². The molecule has 1 unspecified atom stereocenters. The third kappa shape index (κ3) is 5.08. The first-order chi connectivity index (χ1) is 17.3. The summed E-state index contributed by atoms with van der Waals surface area (Å²) in [6, 6.07) is 9.54. The van der Waals surface area contributed by atoms with E-state index in [0.717, 1.165) is 22.0 Å². The highest BCUT2D eigenvalue weighted by molar-refractivity contribution is 9.10. The smallest absolute Gasteiger partial charge is 0.299 e. The molecular formula is C25H24BrN7O3. The molecule has 11 heteroatoms. The minimum absolute atomic E-state index is 0.0140. The standard InChI is InChI=1S/C25H24BrN7O3/c1-2-5-20(34)32-13-4-3-6-18(32)24-31-21(22(23(27)35)33(24)28)15-7-9-16(10-8-15)25(36)30-19-14-17(26)11-12-29-19/h7-12,14,18H,3-4,6,13,28H2,1H3,(H2,27,35)(H,29,30,36). The average Bonchev–Trinajstić information content (AvgIpc) is 3.21. The van der Waals surface area contributed by atoms with Crippen molar-refractivity contribution in [1.82, 2.24) is 19.5 Å². The SMILES string of the molecule is CC#CC(=O)N1CCCCC1c1nc(-c2ccc(C(=O)Nc3cc(Br)ccn3)cc2)c(C(N)=O)n1N. The van der Waals surface area contributed by atoms with Crippen molar-refractivity contribution in [3.8, 4) is 23.1 Å². The van der Waals surface area contributed by atoms with E-state index in [2.05, 4.69) is 43.1 Å². The van der Waals surface area contributed by atoms with Gasteiger partial charge in [0.2, 0.25) is 0 Å². The molecule has 0 spiro atoms. The average molecular weight is 550 g/mol. The highest BCUT2D eigenvalue weighted by Crippen LogP contribution is 2.33. The molecule has 1 saturated heterocycles. The van der Waals surface area contributed by atoms with Crippen molar-refractivity contribution in [3.63, 3.8) is 0 Å². The Morgan fingerprint density at radius 2 is 1.92 bits per heavy atom. The summed E-state index contributed by atoms with van der Waals surface area (Å²) < 4.78 is 1.95. The summed E-state index contributed by atoms with van der Waals surface area (Å²) >= 11 is 3.34. The van der Waals surface area contributed by atoms with Crippen molar-refractivity contribution in [2.45, 2.75) is 32.2 Å². The third-order valence-electron chi connectivity index (χ3n) is 5.85. The number of hydrogen-bond acceptors (Lipinski definition) is 6. The summed E-state index contributed by atoms with van der Waals surface area (Å²) in [5.41, 5.74) is 6.88. The fraction of sp³-hybridized carbons (Fsp3) is 0.240. The first-order valence-electron chi connectivity index (χ1n) is 11.2. The molecule has 1 aromatic carbocycles. The van der Waals surface area contributed by atoms with Crippen molar-refractivity contribution < 1.29 is 14.4 Å². The Kier molecular flexibility index (Phi) is 7.36. The van der Waals surface area contributed by atoms with Gasteiger partial charge in [-0.15, -0.1) is 0 Å². The highest BCUT2D eigenvalue weighted by Gasteiger charge is 2.33. The maximum absolute atomic E-state index is 12.6. The maximum atomic E-state index is 12.6. The van der Waals surface area contributed by atoms with Gasteiger partial charge in [-0.05, 0) is 56.4 Å². The number of carbonyl (C=O) groups excluding carboxylic acids is 3. The van der Waals surface area contributed by atoms with Gasteiger partial charge in [0.05, 0.1) is 6.04 Å². The Labute approximate surface area is 216 Å². The lowest BCUT2D eigenvalue weighted by Crippen LogP contribution is -2.40. The summed E-state index contributed by atoms with van der Waals surface area (Å²) in [7, 11) is 0. The summed E-state index contributed by atoms with van der Waals surface area (Å²) in [6.07, 6.45) is 3.92. The van der Waals surface area contributed by atoms with Crippen LogP contribution in [0.3, 0.4) is 0 Å². The lowest BCUT2D eigenvalue weighted by molar-refractivity contribution is -0.129. The number of pyridine rings is 1. The second-order valence-corrected chi connectivity index (χ2v) is 9.09. The van der Waals surface area contributed by atoms with Crippen molar-refractivity contribution in [1.29, 1.82) is 0 Å². The predicted octanol–water partition coefficient (Wildman–Crippen LogP) is 2.85. The van der Waals surface area contributed by atoms with E-state index in [9.17, 15) is 14.4 Å². The van der Waals surface area contributed by atoms with Gasteiger partial charge in [-0.3, -0.25) is 14.4 Å². The monoisotopic (exact) mass is 549 g/mol. The van der Waals surface area contributed by atoms with E-state index < -0.39 is 11.9 Å². The van der Waals surface area contributed by atoms with E-state index in [1.807, 2.05) is 0 Å². The molecule has 0 saturated carbocycles. The maximum Gasteiger partial charge on any atom is 0.299 e. The number of aromatic nitrogens is 3. The molecule has 10 nitrogen and oxygen atoms in total. The van der Waals surface area contributed by atoms with E-state index in [0.29, 0.717) is 35.7 Å². The largest absolute Gasteiger partial charge is 0.364 e. The predicted molar refractivity (Wildman–Crippen MR) is 138 cm³/mol. The number of nitrogens with one attached hydrogen (secondary N) is 1. The second kappa shape index (κ2) is 10.6. The Balaban J connectivity index is 1.65. The van der Waals surface area contributed by atoms with E-state index in [1.165, 1.54) is 0 Å². The molecule has 1 atom stereocenters. The zero-order valence-corrected chi connectivity index (χ0v) is 21.1. The summed E-state index contributed by atoms with van der Waals surface area (Å²) in [5.74, 6) is 10.8. The molecule has 0 radical (unpaired) electrons. The number of anilines is 1. The first-order valence-corrected chi connectivity index (χ1v) is 12.0. The molecule has 3 heterocycles. The second-order valence-electron chi connectivity index (χ2n) is 8.18. The molecule has 184 valence electrons.